The second-order valence-corrected chi connectivity index (χ2v) is 7.64. The molecule has 130 valence electrons. The van der Waals surface area contributed by atoms with Gasteiger partial charge in [0.25, 0.3) is 5.91 Å². The number of carbonyl (C=O) groups excluding carboxylic acids is 2. The summed E-state index contributed by atoms with van der Waals surface area (Å²) in [5, 5.41) is 2.99. The van der Waals surface area contributed by atoms with Crippen LogP contribution in [0.2, 0.25) is 0 Å². The van der Waals surface area contributed by atoms with Gasteiger partial charge in [-0.1, -0.05) is 19.3 Å². The van der Waals surface area contributed by atoms with E-state index in [4.69, 9.17) is 4.74 Å². The number of carbonyl (C=O) groups is 2. The van der Waals surface area contributed by atoms with E-state index in [0.29, 0.717) is 6.67 Å². The molecule has 1 aliphatic carbocycles. The number of hydrogen-bond acceptors (Lipinski definition) is 4. The Bertz CT molecular complexity index is 468. The van der Waals surface area contributed by atoms with Gasteiger partial charge in [0, 0.05) is 13.1 Å². The minimum Gasteiger partial charge on any atom is -0.373 e. The lowest BCUT2D eigenvalue weighted by Crippen LogP contribution is -2.53. The summed E-state index contributed by atoms with van der Waals surface area (Å²) in [5.74, 6) is 0.210. The molecule has 1 saturated carbocycles. The number of ether oxygens (including phenoxy) is 1. The molecule has 6 nitrogen and oxygen atoms in total. The van der Waals surface area contributed by atoms with Crippen LogP contribution in [0.5, 0.6) is 0 Å². The van der Waals surface area contributed by atoms with Gasteiger partial charge in [-0.15, -0.1) is 0 Å². The van der Waals surface area contributed by atoms with Crippen LogP contribution in [-0.4, -0.2) is 59.2 Å². The van der Waals surface area contributed by atoms with E-state index in [1.54, 1.807) is 0 Å². The van der Waals surface area contributed by atoms with Gasteiger partial charge in [0.05, 0.1) is 18.9 Å². The van der Waals surface area contributed by atoms with Gasteiger partial charge in [0.1, 0.15) is 5.54 Å². The van der Waals surface area contributed by atoms with Gasteiger partial charge >= 0.3 is 6.03 Å². The Balaban J connectivity index is 1.68. The lowest BCUT2D eigenvalue weighted by molar-refractivity contribution is -0.137. The first-order valence-corrected chi connectivity index (χ1v) is 8.92. The highest BCUT2D eigenvalue weighted by Crippen LogP contribution is 2.36. The number of morpholine rings is 1. The molecule has 1 N–H and O–H groups in total. The monoisotopic (exact) mass is 323 g/mol. The molecule has 0 aromatic rings. The average molecular weight is 323 g/mol. The largest absolute Gasteiger partial charge is 0.373 e. The summed E-state index contributed by atoms with van der Waals surface area (Å²) >= 11 is 0. The van der Waals surface area contributed by atoms with E-state index in [0.717, 1.165) is 38.8 Å². The molecule has 6 heteroatoms. The average Bonchev–Trinajstić information content (AvgIpc) is 2.72. The molecule has 3 fully saturated rings. The standard InChI is InChI=1S/C17H29N3O3/c1-12-9-19(10-13(2)23-12)11-20-15(21)17(3,18-16(20)22)14-7-5-4-6-8-14/h12-14H,4-11H2,1-3H3,(H,18,22)/t12-,13-,17-/m1/s1. The smallest absolute Gasteiger partial charge is 0.326 e. The summed E-state index contributed by atoms with van der Waals surface area (Å²) in [6, 6.07) is -0.241. The molecule has 0 bridgehead atoms. The van der Waals surface area contributed by atoms with Gasteiger partial charge in [0.2, 0.25) is 0 Å². The molecule has 23 heavy (non-hydrogen) atoms. The van der Waals surface area contributed by atoms with E-state index >= 15 is 0 Å². The molecule has 0 unspecified atom stereocenters. The van der Waals surface area contributed by atoms with Crippen LogP contribution in [0.1, 0.15) is 52.9 Å². The zero-order valence-electron chi connectivity index (χ0n) is 14.5. The zero-order chi connectivity index (χ0) is 16.6. The van der Waals surface area contributed by atoms with Crippen LogP contribution >= 0.6 is 0 Å². The molecular formula is C17H29N3O3. The normalized spacial score (nSPS) is 37.3. The Morgan fingerprint density at radius 1 is 1.13 bits per heavy atom. The third kappa shape index (κ3) is 3.24. The molecule has 0 spiro atoms. The first-order chi connectivity index (χ1) is 10.9. The van der Waals surface area contributed by atoms with Gasteiger partial charge in [-0.3, -0.25) is 9.69 Å². The summed E-state index contributed by atoms with van der Waals surface area (Å²) in [6.45, 7) is 7.84. The molecule has 3 amide bonds. The number of amides is 3. The molecule has 0 radical (unpaired) electrons. The molecule has 0 aromatic carbocycles. The number of urea groups is 1. The summed E-state index contributed by atoms with van der Waals surface area (Å²) in [5.41, 5.74) is -0.721. The first kappa shape index (κ1) is 16.7. The van der Waals surface area contributed by atoms with E-state index in [1.807, 2.05) is 20.8 Å². The van der Waals surface area contributed by atoms with Gasteiger partial charge in [-0.2, -0.15) is 0 Å². The van der Waals surface area contributed by atoms with Gasteiger partial charge in [0.15, 0.2) is 0 Å². The van der Waals surface area contributed by atoms with Crippen molar-refractivity contribution in [3.8, 4) is 0 Å². The first-order valence-electron chi connectivity index (χ1n) is 8.92. The van der Waals surface area contributed by atoms with Gasteiger partial charge in [-0.25, -0.2) is 9.69 Å². The van der Waals surface area contributed by atoms with Crippen LogP contribution in [-0.2, 0) is 9.53 Å². The second kappa shape index (κ2) is 6.40. The highest BCUT2D eigenvalue weighted by atomic mass is 16.5. The summed E-state index contributed by atoms with van der Waals surface area (Å²) in [7, 11) is 0. The van der Waals surface area contributed by atoms with Crippen molar-refractivity contribution in [2.24, 2.45) is 5.92 Å². The summed E-state index contributed by atoms with van der Waals surface area (Å²) in [6.07, 6.45) is 5.86. The number of rotatable bonds is 3. The van der Waals surface area contributed by atoms with E-state index in [9.17, 15) is 9.59 Å². The van der Waals surface area contributed by atoms with Crippen molar-refractivity contribution in [3.63, 3.8) is 0 Å². The Morgan fingerprint density at radius 2 is 1.74 bits per heavy atom. The predicted molar refractivity (Wildman–Crippen MR) is 86.8 cm³/mol. The molecular weight excluding hydrogens is 294 g/mol. The minimum atomic E-state index is -0.721. The summed E-state index contributed by atoms with van der Waals surface area (Å²) < 4.78 is 5.72. The van der Waals surface area contributed by atoms with Crippen molar-refractivity contribution >= 4 is 11.9 Å². The van der Waals surface area contributed by atoms with Crippen LogP contribution in [0.15, 0.2) is 0 Å². The van der Waals surface area contributed by atoms with Crippen LogP contribution in [0.3, 0.4) is 0 Å². The summed E-state index contributed by atoms with van der Waals surface area (Å²) in [4.78, 5) is 28.9. The number of hydrogen-bond donors (Lipinski definition) is 1. The van der Waals surface area contributed by atoms with Crippen molar-refractivity contribution in [2.75, 3.05) is 19.8 Å². The fourth-order valence-corrected chi connectivity index (χ4v) is 4.40. The SMILES string of the molecule is C[C@@H]1CN(CN2C(=O)N[C@](C)(C3CCCCC3)C2=O)C[C@@H](C)O1. The maximum absolute atomic E-state index is 13.0. The fourth-order valence-electron chi connectivity index (χ4n) is 4.40. The molecule has 0 aromatic heterocycles. The maximum atomic E-state index is 13.0. The number of nitrogens with zero attached hydrogens (tertiary/aromatic N) is 2. The number of nitrogens with one attached hydrogen (secondary N) is 1. The quantitative estimate of drug-likeness (QED) is 0.806. The molecule has 2 heterocycles. The minimum absolute atomic E-state index is 0.0544. The van der Waals surface area contributed by atoms with Crippen molar-refractivity contribution in [1.82, 2.24) is 15.1 Å². The van der Waals surface area contributed by atoms with E-state index in [2.05, 4.69) is 10.2 Å². The zero-order valence-corrected chi connectivity index (χ0v) is 14.5. The Labute approximate surface area is 138 Å². The third-order valence-electron chi connectivity index (χ3n) is 5.56. The molecule has 2 saturated heterocycles. The molecule has 3 aliphatic rings. The van der Waals surface area contributed by atoms with Crippen molar-refractivity contribution < 1.29 is 14.3 Å². The molecule has 3 atom stereocenters. The maximum Gasteiger partial charge on any atom is 0.326 e. The highest BCUT2D eigenvalue weighted by molar-refractivity contribution is 6.07. The molecule has 3 rings (SSSR count). The van der Waals surface area contributed by atoms with Crippen LogP contribution in [0, 0.1) is 5.92 Å². The van der Waals surface area contributed by atoms with Gasteiger partial charge < -0.3 is 10.1 Å². The third-order valence-corrected chi connectivity index (χ3v) is 5.56. The van der Waals surface area contributed by atoms with Crippen LogP contribution < -0.4 is 5.32 Å². The lowest BCUT2D eigenvalue weighted by atomic mass is 9.75. The molecule has 2 aliphatic heterocycles. The van der Waals surface area contributed by atoms with E-state index in [1.165, 1.54) is 11.3 Å². The van der Waals surface area contributed by atoms with Crippen molar-refractivity contribution in [2.45, 2.75) is 70.6 Å². The van der Waals surface area contributed by atoms with Crippen LogP contribution in [0.25, 0.3) is 0 Å². The van der Waals surface area contributed by atoms with Gasteiger partial charge in [-0.05, 0) is 39.5 Å². The lowest BCUT2D eigenvalue weighted by Gasteiger charge is -2.37. The van der Waals surface area contributed by atoms with Crippen molar-refractivity contribution in [3.05, 3.63) is 0 Å². The van der Waals surface area contributed by atoms with E-state index < -0.39 is 5.54 Å². The number of imide groups is 1. The topological polar surface area (TPSA) is 61.9 Å². The van der Waals surface area contributed by atoms with Crippen LogP contribution in [0.4, 0.5) is 4.79 Å². The Kier molecular flexibility index (Phi) is 4.65. The fraction of sp³-hybridized carbons (Fsp3) is 0.882. The Morgan fingerprint density at radius 3 is 2.35 bits per heavy atom. The second-order valence-electron chi connectivity index (χ2n) is 7.64. The van der Waals surface area contributed by atoms with E-state index in [-0.39, 0.29) is 30.1 Å². The van der Waals surface area contributed by atoms with Crippen molar-refractivity contribution in [1.29, 1.82) is 0 Å². The Hall–Kier alpha value is -1.14. The predicted octanol–water partition coefficient (Wildman–Crippen LogP) is 1.94. The highest BCUT2D eigenvalue weighted by Gasteiger charge is 2.52.